The maximum Gasteiger partial charge on any atom is 0.224 e. The molecule has 0 aliphatic carbocycles. The molecule has 2 aromatic carbocycles. The number of Topliss-reactive ketones (excluding diaryl/α,β-unsaturated/α-hetero) is 1. The second kappa shape index (κ2) is 7.51. The highest BCUT2D eigenvalue weighted by molar-refractivity contribution is 5.99. The maximum atomic E-state index is 12.9. The first kappa shape index (κ1) is 18.9. The topological polar surface area (TPSA) is 57.0 Å². The minimum atomic E-state index is -0.0733. The van der Waals surface area contributed by atoms with Gasteiger partial charge in [0.1, 0.15) is 6.33 Å². The minimum absolute atomic E-state index is 0.0712. The van der Waals surface area contributed by atoms with Gasteiger partial charge in [0.25, 0.3) is 0 Å². The van der Waals surface area contributed by atoms with Gasteiger partial charge in [-0.15, -0.1) is 0 Å². The molecule has 0 aliphatic heterocycles. The van der Waals surface area contributed by atoms with Crippen LogP contribution in [0.3, 0.4) is 0 Å². The van der Waals surface area contributed by atoms with Crippen molar-refractivity contribution in [3.63, 3.8) is 0 Å². The van der Waals surface area contributed by atoms with Crippen molar-refractivity contribution in [2.24, 2.45) is 0 Å². The van der Waals surface area contributed by atoms with E-state index in [9.17, 15) is 4.79 Å². The second-order valence-electron chi connectivity index (χ2n) is 7.30. The maximum absolute atomic E-state index is 12.9. The zero-order valence-electron chi connectivity index (χ0n) is 17.1. The highest BCUT2D eigenvalue weighted by Gasteiger charge is 2.18. The Labute approximate surface area is 170 Å². The van der Waals surface area contributed by atoms with Crippen molar-refractivity contribution in [1.82, 2.24) is 14.5 Å². The van der Waals surface area contributed by atoms with Crippen LogP contribution in [0.2, 0.25) is 0 Å². The van der Waals surface area contributed by atoms with Gasteiger partial charge >= 0.3 is 0 Å². The molecule has 0 saturated carbocycles. The van der Waals surface area contributed by atoms with Gasteiger partial charge in [-0.25, -0.2) is 9.97 Å². The smallest absolute Gasteiger partial charge is 0.224 e. The minimum Gasteiger partial charge on any atom is -0.469 e. The predicted octanol–water partition coefficient (Wildman–Crippen LogP) is 4.92. The number of ether oxygens (including phenoxy) is 1. The molecule has 4 aromatic rings. The van der Waals surface area contributed by atoms with Crippen LogP contribution in [0.15, 0.2) is 54.9 Å². The molecule has 4 rings (SSSR count). The normalized spacial score (nSPS) is 11.0. The van der Waals surface area contributed by atoms with Gasteiger partial charge in [0, 0.05) is 22.6 Å². The molecule has 0 saturated heterocycles. The Morgan fingerprint density at radius 3 is 2.55 bits per heavy atom. The Hall–Kier alpha value is -3.47. The number of nitrogens with zero attached hydrogens (tertiary/aromatic N) is 3. The fourth-order valence-corrected chi connectivity index (χ4v) is 3.61. The van der Waals surface area contributed by atoms with E-state index in [0.29, 0.717) is 11.4 Å². The average Bonchev–Trinajstić information content (AvgIpc) is 3.02. The van der Waals surface area contributed by atoms with Gasteiger partial charge in [-0.2, -0.15) is 0 Å². The Kier molecular flexibility index (Phi) is 4.89. The van der Waals surface area contributed by atoms with Gasteiger partial charge in [-0.05, 0) is 69.2 Å². The molecule has 0 atom stereocenters. The molecule has 0 aliphatic rings. The SMILES string of the molecule is Cc1ccc(-n2c(C)cc(C(=O)COc3ncnc4ccccc34)c2C)cc1C. The number of benzene rings is 2. The summed E-state index contributed by atoms with van der Waals surface area (Å²) >= 11 is 0. The van der Waals surface area contributed by atoms with E-state index in [1.54, 1.807) is 0 Å². The van der Waals surface area contributed by atoms with Crippen LogP contribution >= 0.6 is 0 Å². The van der Waals surface area contributed by atoms with Gasteiger partial charge in [-0.3, -0.25) is 4.79 Å². The predicted molar refractivity (Wildman–Crippen MR) is 114 cm³/mol. The number of aromatic nitrogens is 3. The van der Waals surface area contributed by atoms with Gasteiger partial charge in [0.05, 0.1) is 10.9 Å². The Bertz CT molecular complexity index is 1220. The summed E-state index contributed by atoms with van der Waals surface area (Å²) in [6.45, 7) is 8.10. The van der Waals surface area contributed by atoms with Gasteiger partial charge in [0.2, 0.25) is 11.7 Å². The lowest BCUT2D eigenvalue weighted by atomic mass is 10.1. The summed E-state index contributed by atoms with van der Waals surface area (Å²) in [6.07, 6.45) is 1.45. The number of rotatable bonds is 5. The molecule has 0 N–H and O–H groups in total. The average molecular weight is 385 g/mol. The monoisotopic (exact) mass is 385 g/mol. The molecule has 0 amide bonds. The van der Waals surface area contributed by atoms with E-state index in [2.05, 4.69) is 46.6 Å². The summed E-state index contributed by atoms with van der Waals surface area (Å²) in [5.74, 6) is 0.350. The number of fused-ring (bicyclic) bond motifs is 1. The fraction of sp³-hybridized carbons (Fsp3) is 0.208. The van der Waals surface area contributed by atoms with Crippen LogP contribution in [-0.4, -0.2) is 26.9 Å². The number of para-hydroxylation sites is 1. The highest BCUT2D eigenvalue weighted by Crippen LogP contribution is 2.24. The summed E-state index contributed by atoms with van der Waals surface area (Å²) in [4.78, 5) is 21.3. The Morgan fingerprint density at radius 1 is 0.966 bits per heavy atom. The van der Waals surface area contributed by atoms with E-state index in [0.717, 1.165) is 28.0 Å². The lowest BCUT2D eigenvalue weighted by Gasteiger charge is -2.12. The van der Waals surface area contributed by atoms with Crippen molar-refractivity contribution in [1.29, 1.82) is 0 Å². The van der Waals surface area contributed by atoms with Crippen LogP contribution in [0.4, 0.5) is 0 Å². The number of hydrogen-bond acceptors (Lipinski definition) is 4. The Balaban J connectivity index is 1.60. The molecule has 0 spiro atoms. The molecule has 5 heteroatoms. The molecular formula is C24H23N3O2. The van der Waals surface area contributed by atoms with Crippen molar-refractivity contribution >= 4 is 16.7 Å². The number of aryl methyl sites for hydroxylation is 3. The molecule has 0 unspecified atom stereocenters. The molecule has 5 nitrogen and oxygen atoms in total. The quantitative estimate of drug-likeness (QED) is 0.458. The van der Waals surface area contributed by atoms with Gasteiger partial charge in [0.15, 0.2) is 6.61 Å². The molecular weight excluding hydrogens is 362 g/mol. The lowest BCUT2D eigenvalue weighted by Crippen LogP contribution is -2.13. The summed E-state index contributed by atoms with van der Waals surface area (Å²) < 4.78 is 7.88. The third-order valence-electron chi connectivity index (χ3n) is 5.33. The zero-order chi connectivity index (χ0) is 20.5. The van der Waals surface area contributed by atoms with Gasteiger partial charge < -0.3 is 9.30 Å². The van der Waals surface area contributed by atoms with Crippen LogP contribution in [0.1, 0.15) is 32.9 Å². The van der Waals surface area contributed by atoms with Crippen molar-refractivity contribution in [2.45, 2.75) is 27.7 Å². The first-order chi connectivity index (χ1) is 14.0. The first-order valence-corrected chi connectivity index (χ1v) is 9.58. The molecule has 0 bridgehead atoms. The fourth-order valence-electron chi connectivity index (χ4n) is 3.61. The van der Waals surface area contributed by atoms with E-state index >= 15 is 0 Å². The molecule has 0 fully saturated rings. The van der Waals surface area contributed by atoms with Crippen molar-refractivity contribution in [3.8, 4) is 11.6 Å². The third kappa shape index (κ3) is 3.51. The van der Waals surface area contributed by atoms with Crippen LogP contribution in [-0.2, 0) is 0 Å². The summed E-state index contributed by atoms with van der Waals surface area (Å²) in [5, 5.41) is 0.795. The summed E-state index contributed by atoms with van der Waals surface area (Å²) in [7, 11) is 0. The molecule has 2 aromatic heterocycles. The molecule has 29 heavy (non-hydrogen) atoms. The number of hydrogen-bond donors (Lipinski definition) is 0. The zero-order valence-corrected chi connectivity index (χ0v) is 17.1. The van der Waals surface area contributed by atoms with Gasteiger partial charge in [-0.1, -0.05) is 18.2 Å². The number of carbonyl (C=O) groups excluding carboxylic acids is 1. The number of carbonyl (C=O) groups is 1. The van der Waals surface area contributed by atoms with Crippen molar-refractivity contribution < 1.29 is 9.53 Å². The van der Waals surface area contributed by atoms with E-state index < -0.39 is 0 Å². The summed E-state index contributed by atoms with van der Waals surface area (Å²) in [6, 6.07) is 15.9. The largest absolute Gasteiger partial charge is 0.469 e. The first-order valence-electron chi connectivity index (χ1n) is 9.58. The third-order valence-corrected chi connectivity index (χ3v) is 5.33. The van der Waals surface area contributed by atoms with Crippen LogP contribution in [0, 0.1) is 27.7 Å². The van der Waals surface area contributed by atoms with E-state index in [1.807, 2.05) is 44.2 Å². The van der Waals surface area contributed by atoms with Crippen LogP contribution < -0.4 is 4.74 Å². The summed E-state index contributed by atoms with van der Waals surface area (Å²) in [5.41, 5.74) is 6.91. The molecule has 146 valence electrons. The van der Waals surface area contributed by atoms with E-state index in [1.165, 1.54) is 17.5 Å². The Morgan fingerprint density at radius 2 is 1.76 bits per heavy atom. The molecule has 0 radical (unpaired) electrons. The van der Waals surface area contributed by atoms with Crippen LogP contribution in [0.5, 0.6) is 5.88 Å². The van der Waals surface area contributed by atoms with Crippen molar-refractivity contribution in [2.75, 3.05) is 6.61 Å². The highest BCUT2D eigenvalue weighted by atomic mass is 16.5. The lowest BCUT2D eigenvalue weighted by molar-refractivity contribution is 0.0918. The van der Waals surface area contributed by atoms with E-state index in [-0.39, 0.29) is 12.4 Å². The standard InChI is InChI=1S/C24H23N3O2/c1-15-9-10-19(11-16(15)2)27-17(3)12-21(18(27)4)23(28)13-29-24-20-7-5-6-8-22(20)25-14-26-24/h5-12,14H,13H2,1-4H3. The van der Waals surface area contributed by atoms with Crippen molar-refractivity contribution in [3.05, 3.63) is 82.9 Å². The number of ketones is 1. The second-order valence-corrected chi connectivity index (χ2v) is 7.30. The van der Waals surface area contributed by atoms with Crippen LogP contribution in [0.25, 0.3) is 16.6 Å². The molecule has 2 heterocycles. The van der Waals surface area contributed by atoms with E-state index in [4.69, 9.17) is 4.74 Å².